The van der Waals surface area contributed by atoms with Gasteiger partial charge in [0.25, 0.3) is 0 Å². The second kappa shape index (κ2) is 7.36. The van der Waals surface area contributed by atoms with Gasteiger partial charge in [0.2, 0.25) is 5.95 Å². The number of nitrogens with one attached hydrogen (secondary N) is 1. The molecule has 0 saturated carbocycles. The molecule has 28 heavy (non-hydrogen) atoms. The molecule has 0 radical (unpaired) electrons. The summed E-state index contributed by atoms with van der Waals surface area (Å²) in [6.45, 7) is 2.76. The number of rotatable bonds is 5. The molecule has 0 amide bonds. The maximum atomic E-state index is 13.8. The zero-order valence-electron chi connectivity index (χ0n) is 15.9. The molecular formula is C21H21ClFN3O2. The third-order valence-electron chi connectivity index (χ3n) is 5.13. The Labute approximate surface area is 168 Å². The highest BCUT2D eigenvalue weighted by atomic mass is 35.5. The predicted octanol–water partition coefficient (Wildman–Crippen LogP) is 5.09. The van der Waals surface area contributed by atoms with Crippen LogP contribution in [0.4, 0.5) is 10.3 Å². The summed E-state index contributed by atoms with van der Waals surface area (Å²) < 4.78 is 26.8. The molecule has 1 aromatic heterocycles. The van der Waals surface area contributed by atoms with Crippen LogP contribution in [0.2, 0.25) is 5.02 Å². The van der Waals surface area contributed by atoms with Crippen molar-refractivity contribution in [2.24, 2.45) is 0 Å². The van der Waals surface area contributed by atoms with Crippen LogP contribution in [0.25, 0.3) is 11.3 Å². The molecule has 0 saturated heterocycles. The van der Waals surface area contributed by atoms with Crippen LogP contribution >= 0.6 is 11.6 Å². The van der Waals surface area contributed by atoms with Crippen LogP contribution in [0.3, 0.4) is 0 Å². The van der Waals surface area contributed by atoms with Gasteiger partial charge < -0.3 is 19.4 Å². The van der Waals surface area contributed by atoms with E-state index in [4.69, 9.17) is 21.1 Å². The number of aromatic nitrogens is 2. The number of nitrogens with zero attached hydrogens (tertiary/aromatic N) is 2. The van der Waals surface area contributed by atoms with E-state index in [1.54, 1.807) is 20.3 Å². The highest BCUT2D eigenvalue weighted by Crippen LogP contribution is 2.39. The lowest BCUT2D eigenvalue weighted by Crippen LogP contribution is -2.16. The third-order valence-corrected chi connectivity index (χ3v) is 5.44. The van der Waals surface area contributed by atoms with Crippen LogP contribution in [0, 0.1) is 5.82 Å². The third kappa shape index (κ3) is 3.18. The van der Waals surface area contributed by atoms with Crippen molar-refractivity contribution in [2.45, 2.75) is 25.9 Å². The van der Waals surface area contributed by atoms with Gasteiger partial charge in [-0.3, -0.25) is 0 Å². The Bertz CT molecular complexity index is 1030. The number of ether oxygens (including phenoxy) is 2. The molecule has 1 N–H and O–H groups in total. The molecule has 2 heterocycles. The van der Waals surface area contributed by atoms with Gasteiger partial charge in [-0.05, 0) is 48.7 Å². The quantitative estimate of drug-likeness (QED) is 0.647. The second-order valence-corrected chi connectivity index (χ2v) is 7.18. The van der Waals surface area contributed by atoms with E-state index >= 15 is 0 Å². The van der Waals surface area contributed by atoms with Gasteiger partial charge in [0.1, 0.15) is 5.82 Å². The minimum absolute atomic E-state index is 0.120. The van der Waals surface area contributed by atoms with Crippen molar-refractivity contribution in [3.05, 3.63) is 58.5 Å². The molecular weight excluding hydrogens is 381 g/mol. The highest BCUT2D eigenvalue weighted by Gasteiger charge is 2.23. The average Bonchev–Trinajstić information content (AvgIpc) is 3.11. The van der Waals surface area contributed by atoms with Crippen molar-refractivity contribution < 1.29 is 13.9 Å². The zero-order valence-corrected chi connectivity index (χ0v) is 16.7. The Balaban J connectivity index is 1.65. The topological polar surface area (TPSA) is 48.3 Å². The number of benzene rings is 2. The van der Waals surface area contributed by atoms with Gasteiger partial charge in [-0.25, -0.2) is 9.37 Å². The maximum absolute atomic E-state index is 13.8. The lowest BCUT2D eigenvalue weighted by Gasteiger charge is -2.23. The van der Waals surface area contributed by atoms with E-state index in [9.17, 15) is 4.39 Å². The lowest BCUT2D eigenvalue weighted by molar-refractivity contribution is 0.354. The molecule has 146 valence electrons. The average molecular weight is 402 g/mol. The molecule has 1 atom stereocenters. The van der Waals surface area contributed by atoms with Crippen LogP contribution in [-0.2, 0) is 13.0 Å². The molecule has 0 spiro atoms. The Kier molecular flexibility index (Phi) is 4.89. The number of methoxy groups -OCH3 is 2. The molecule has 0 aliphatic carbocycles. The Morgan fingerprint density at radius 1 is 1.18 bits per heavy atom. The van der Waals surface area contributed by atoms with Gasteiger partial charge in [0, 0.05) is 12.1 Å². The van der Waals surface area contributed by atoms with E-state index < -0.39 is 5.82 Å². The highest BCUT2D eigenvalue weighted by molar-refractivity contribution is 6.30. The zero-order chi connectivity index (χ0) is 19.8. The van der Waals surface area contributed by atoms with Crippen LogP contribution in [0.5, 0.6) is 11.5 Å². The van der Waals surface area contributed by atoms with E-state index in [-0.39, 0.29) is 11.1 Å². The number of imidazole rings is 1. The van der Waals surface area contributed by atoms with E-state index in [0.717, 1.165) is 41.5 Å². The molecule has 5 nitrogen and oxygen atoms in total. The van der Waals surface area contributed by atoms with Crippen molar-refractivity contribution in [3.63, 3.8) is 0 Å². The summed E-state index contributed by atoms with van der Waals surface area (Å²) in [5, 5.41) is 3.50. The van der Waals surface area contributed by atoms with E-state index in [1.165, 1.54) is 11.6 Å². The van der Waals surface area contributed by atoms with Crippen molar-refractivity contribution in [2.75, 3.05) is 19.5 Å². The lowest BCUT2D eigenvalue weighted by atomic mass is 9.98. The molecule has 1 unspecified atom stereocenters. The van der Waals surface area contributed by atoms with E-state index in [0.29, 0.717) is 5.75 Å². The summed E-state index contributed by atoms with van der Waals surface area (Å²) in [7, 11) is 3.27. The maximum Gasteiger partial charge on any atom is 0.203 e. The Morgan fingerprint density at radius 2 is 1.93 bits per heavy atom. The monoisotopic (exact) mass is 401 g/mol. The van der Waals surface area contributed by atoms with Crippen LogP contribution < -0.4 is 14.8 Å². The SMILES string of the molecule is COc1cc2c(cc1OC)-c1cnc(NC(C)c3ccc(Cl)c(F)c3)n1CC2. The molecule has 0 bridgehead atoms. The summed E-state index contributed by atoms with van der Waals surface area (Å²) in [6, 6.07) is 8.73. The van der Waals surface area contributed by atoms with E-state index in [1.807, 2.05) is 31.3 Å². The fourth-order valence-corrected chi connectivity index (χ4v) is 3.71. The van der Waals surface area contributed by atoms with Gasteiger partial charge in [0.15, 0.2) is 11.5 Å². The summed E-state index contributed by atoms with van der Waals surface area (Å²) in [4.78, 5) is 4.56. The first-order chi connectivity index (χ1) is 13.5. The first-order valence-corrected chi connectivity index (χ1v) is 9.42. The van der Waals surface area contributed by atoms with E-state index in [2.05, 4.69) is 14.9 Å². The number of aryl methyl sites for hydroxylation is 1. The summed E-state index contributed by atoms with van der Waals surface area (Å²) in [6.07, 6.45) is 2.71. The molecule has 7 heteroatoms. The van der Waals surface area contributed by atoms with Crippen LogP contribution in [-0.4, -0.2) is 23.8 Å². The first kappa shape index (κ1) is 18.6. The van der Waals surface area contributed by atoms with Gasteiger partial charge in [0.05, 0.1) is 37.2 Å². The van der Waals surface area contributed by atoms with Gasteiger partial charge in [-0.2, -0.15) is 0 Å². The first-order valence-electron chi connectivity index (χ1n) is 9.04. The normalized spacial score (nSPS) is 13.5. The summed E-state index contributed by atoms with van der Waals surface area (Å²) in [5.74, 6) is 1.74. The Morgan fingerprint density at radius 3 is 2.64 bits per heavy atom. The second-order valence-electron chi connectivity index (χ2n) is 6.77. The summed E-state index contributed by atoms with van der Waals surface area (Å²) in [5.41, 5.74) is 4.10. The standard InChI is InChI=1S/C21H21ClFN3O2/c1-12(13-4-5-16(22)17(23)8-13)25-21-24-11-18-15-10-20(28-3)19(27-2)9-14(15)6-7-26(18)21/h4-5,8-12H,6-7H2,1-3H3,(H,24,25). The van der Waals surface area contributed by atoms with Crippen LogP contribution in [0.15, 0.2) is 36.5 Å². The molecule has 1 aliphatic rings. The Hall–Kier alpha value is -2.73. The minimum atomic E-state index is -0.423. The molecule has 0 fully saturated rings. The summed E-state index contributed by atoms with van der Waals surface area (Å²) >= 11 is 5.79. The predicted molar refractivity (Wildman–Crippen MR) is 108 cm³/mol. The number of halogens is 2. The molecule has 3 aromatic rings. The van der Waals surface area contributed by atoms with Crippen molar-refractivity contribution in [3.8, 4) is 22.8 Å². The fourth-order valence-electron chi connectivity index (χ4n) is 3.59. The van der Waals surface area contributed by atoms with Gasteiger partial charge >= 0.3 is 0 Å². The van der Waals surface area contributed by atoms with Crippen molar-refractivity contribution >= 4 is 17.5 Å². The van der Waals surface area contributed by atoms with Crippen molar-refractivity contribution in [1.29, 1.82) is 0 Å². The number of hydrogen-bond acceptors (Lipinski definition) is 4. The minimum Gasteiger partial charge on any atom is -0.493 e. The van der Waals surface area contributed by atoms with Gasteiger partial charge in [-0.1, -0.05) is 17.7 Å². The largest absolute Gasteiger partial charge is 0.493 e. The number of fused-ring (bicyclic) bond motifs is 3. The smallest absolute Gasteiger partial charge is 0.203 e. The molecule has 1 aliphatic heterocycles. The van der Waals surface area contributed by atoms with Crippen molar-refractivity contribution in [1.82, 2.24) is 9.55 Å². The fraction of sp³-hybridized carbons (Fsp3) is 0.286. The van der Waals surface area contributed by atoms with Crippen LogP contribution in [0.1, 0.15) is 24.1 Å². The number of anilines is 1. The molecule has 2 aromatic carbocycles. The number of hydrogen-bond donors (Lipinski definition) is 1. The molecule has 4 rings (SSSR count). The van der Waals surface area contributed by atoms with Gasteiger partial charge in [-0.15, -0.1) is 0 Å².